The summed E-state index contributed by atoms with van der Waals surface area (Å²) in [5.41, 5.74) is 2.38. The summed E-state index contributed by atoms with van der Waals surface area (Å²) in [6.45, 7) is 3.38. The highest BCUT2D eigenvalue weighted by Gasteiger charge is 2.38. The van der Waals surface area contributed by atoms with Crippen molar-refractivity contribution in [1.82, 2.24) is 9.80 Å². The number of nitrogens with zero attached hydrogens (tertiary/aromatic N) is 3. The maximum absolute atomic E-state index is 12.9. The van der Waals surface area contributed by atoms with Gasteiger partial charge in [0.05, 0.1) is 6.04 Å². The van der Waals surface area contributed by atoms with E-state index in [1.807, 2.05) is 29.0 Å². The topological polar surface area (TPSA) is 43.9 Å². The van der Waals surface area contributed by atoms with Crippen LogP contribution in [0.2, 0.25) is 0 Å². The number of likely N-dealkylation sites (tertiary alicyclic amines) is 2. The molecule has 3 aliphatic rings. The summed E-state index contributed by atoms with van der Waals surface area (Å²) < 4.78 is 0. The number of hydrogen-bond donors (Lipinski definition) is 0. The molecule has 128 valence electrons. The molecule has 4 rings (SSSR count). The number of carbonyl (C=O) groups is 2. The first kappa shape index (κ1) is 15.6. The fourth-order valence-corrected chi connectivity index (χ4v) is 4.39. The Morgan fingerprint density at radius 2 is 1.79 bits per heavy atom. The number of rotatable bonds is 2. The molecule has 0 N–H and O–H groups in total. The summed E-state index contributed by atoms with van der Waals surface area (Å²) in [5.74, 6) is 0.615. The lowest BCUT2D eigenvalue weighted by Gasteiger charge is -2.35. The third-order valence-corrected chi connectivity index (χ3v) is 5.87. The van der Waals surface area contributed by atoms with E-state index < -0.39 is 0 Å². The summed E-state index contributed by atoms with van der Waals surface area (Å²) >= 11 is 0. The van der Waals surface area contributed by atoms with Crippen molar-refractivity contribution in [3.05, 3.63) is 29.8 Å². The van der Waals surface area contributed by atoms with E-state index in [1.54, 1.807) is 0 Å². The first-order chi connectivity index (χ1) is 11.6. The molecule has 3 aliphatic heterocycles. The zero-order valence-electron chi connectivity index (χ0n) is 14.3. The van der Waals surface area contributed by atoms with Crippen LogP contribution in [-0.2, 0) is 16.0 Å². The van der Waals surface area contributed by atoms with Gasteiger partial charge in [0, 0.05) is 31.7 Å². The minimum Gasteiger partial charge on any atom is -0.344 e. The van der Waals surface area contributed by atoms with Crippen molar-refractivity contribution < 1.29 is 9.59 Å². The molecule has 1 aromatic carbocycles. The average molecular weight is 327 g/mol. The van der Waals surface area contributed by atoms with E-state index in [2.05, 4.69) is 17.0 Å². The minimum atomic E-state index is 0.0403. The van der Waals surface area contributed by atoms with Crippen LogP contribution in [0.15, 0.2) is 24.3 Å². The van der Waals surface area contributed by atoms with Gasteiger partial charge < -0.3 is 9.80 Å². The first-order valence-electron chi connectivity index (χ1n) is 9.03. The predicted octanol–water partition coefficient (Wildman–Crippen LogP) is 1.52. The van der Waals surface area contributed by atoms with Crippen molar-refractivity contribution in [1.29, 1.82) is 0 Å². The van der Waals surface area contributed by atoms with Gasteiger partial charge in [-0.2, -0.15) is 0 Å². The van der Waals surface area contributed by atoms with Crippen molar-refractivity contribution in [2.45, 2.75) is 31.7 Å². The number of likely N-dealkylation sites (N-methyl/N-ethyl adjacent to an activating group) is 1. The molecule has 5 heteroatoms. The number of piperidine rings is 1. The first-order valence-corrected chi connectivity index (χ1v) is 9.03. The van der Waals surface area contributed by atoms with Crippen molar-refractivity contribution in [3.8, 4) is 0 Å². The summed E-state index contributed by atoms with van der Waals surface area (Å²) in [4.78, 5) is 31.2. The van der Waals surface area contributed by atoms with Crippen molar-refractivity contribution in [2.24, 2.45) is 5.92 Å². The maximum atomic E-state index is 12.9. The van der Waals surface area contributed by atoms with Crippen LogP contribution in [0.25, 0.3) is 0 Å². The Morgan fingerprint density at radius 3 is 2.50 bits per heavy atom. The second-order valence-electron chi connectivity index (χ2n) is 7.24. The van der Waals surface area contributed by atoms with Crippen molar-refractivity contribution in [3.63, 3.8) is 0 Å². The fraction of sp³-hybridized carbons (Fsp3) is 0.579. The number of anilines is 1. The van der Waals surface area contributed by atoms with Crippen LogP contribution in [0.4, 0.5) is 5.69 Å². The van der Waals surface area contributed by atoms with Crippen LogP contribution < -0.4 is 4.90 Å². The second-order valence-corrected chi connectivity index (χ2v) is 7.24. The monoisotopic (exact) mass is 327 g/mol. The molecule has 3 heterocycles. The van der Waals surface area contributed by atoms with Gasteiger partial charge in [0.15, 0.2) is 0 Å². The molecule has 5 nitrogen and oxygen atoms in total. The average Bonchev–Trinajstić information content (AvgIpc) is 3.19. The predicted molar refractivity (Wildman–Crippen MR) is 92.8 cm³/mol. The standard InChI is InChI=1S/C19H25N3O2/c1-20-10-9-17(19(20)24)21-11-6-15(7-12-21)18(23)22-13-8-14-4-2-3-5-16(14)22/h2-5,15,17H,6-13H2,1H3. The van der Waals surface area contributed by atoms with E-state index in [0.717, 1.165) is 57.5 Å². The van der Waals surface area contributed by atoms with Crippen LogP contribution in [0, 0.1) is 5.92 Å². The lowest BCUT2D eigenvalue weighted by atomic mass is 9.94. The van der Waals surface area contributed by atoms with E-state index >= 15 is 0 Å². The number of fused-ring (bicyclic) bond motifs is 1. The van der Waals surface area contributed by atoms with E-state index in [-0.39, 0.29) is 23.8 Å². The molecule has 1 unspecified atom stereocenters. The van der Waals surface area contributed by atoms with E-state index in [9.17, 15) is 9.59 Å². The van der Waals surface area contributed by atoms with Gasteiger partial charge in [-0.05, 0) is 50.4 Å². The van der Waals surface area contributed by atoms with Gasteiger partial charge in [-0.3, -0.25) is 14.5 Å². The number of para-hydroxylation sites is 1. The lowest BCUT2D eigenvalue weighted by molar-refractivity contribution is -0.131. The Bertz CT molecular complexity index is 652. The fourth-order valence-electron chi connectivity index (χ4n) is 4.39. The maximum Gasteiger partial charge on any atom is 0.239 e. The third-order valence-electron chi connectivity index (χ3n) is 5.87. The molecule has 1 aromatic rings. The van der Waals surface area contributed by atoms with Crippen LogP contribution in [-0.4, -0.2) is 60.9 Å². The SMILES string of the molecule is CN1CCC(N2CCC(C(=O)N3CCc4ccccc43)CC2)C1=O. The van der Waals surface area contributed by atoms with Crippen LogP contribution in [0.1, 0.15) is 24.8 Å². The highest BCUT2D eigenvalue weighted by atomic mass is 16.2. The van der Waals surface area contributed by atoms with Gasteiger partial charge in [0.1, 0.15) is 0 Å². The van der Waals surface area contributed by atoms with Gasteiger partial charge in [0.25, 0.3) is 0 Å². The van der Waals surface area contributed by atoms with Crippen molar-refractivity contribution >= 4 is 17.5 Å². The molecule has 2 amide bonds. The Labute approximate surface area is 143 Å². The summed E-state index contributed by atoms with van der Waals surface area (Å²) in [6, 6.07) is 8.27. The van der Waals surface area contributed by atoms with E-state index in [4.69, 9.17) is 0 Å². The Morgan fingerprint density at radius 1 is 1.04 bits per heavy atom. The second kappa shape index (κ2) is 6.20. The zero-order chi connectivity index (χ0) is 16.7. The summed E-state index contributed by atoms with van der Waals surface area (Å²) in [6.07, 6.45) is 3.62. The Kier molecular flexibility index (Phi) is 4.04. The number of carbonyl (C=O) groups excluding carboxylic acids is 2. The van der Waals surface area contributed by atoms with Gasteiger partial charge in [0.2, 0.25) is 11.8 Å². The molecular weight excluding hydrogens is 302 g/mol. The smallest absolute Gasteiger partial charge is 0.239 e. The molecular formula is C19H25N3O2. The van der Waals surface area contributed by atoms with Gasteiger partial charge in [-0.15, -0.1) is 0 Å². The molecule has 0 aromatic heterocycles. The zero-order valence-corrected chi connectivity index (χ0v) is 14.3. The van der Waals surface area contributed by atoms with Crippen LogP contribution in [0.5, 0.6) is 0 Å². The molecule has 2 fully saturated rings. The van der Waals surface area contributed by atoms with Crippen molar-refractivity contribution in [2.75, 3.05) is 38.1 Å². The molecule has 2 saturated heterocycles. The lowest BCUT2D eigenvalue weighted by Crippen LogP contribution is -2.48. The molecule has 0 bridgehead atoms. The quantitative estimate of drug-likeness (QED) is 0.827. The van der Waals surface area contributed by atoms with E-state index in [1.165, 1.54) is 5.56 Å². The van der Waals surface area contributed by atoms with Crippen LogP contribution >= 0.6 is 0 Å². The molecule has 1 atom stereocenters. The van der Waals surface area contributed by atoms with Gasteiger partial charge in [-0.1, -0.05) is 18.2 Å². The van der Waals surface area contributed by atoms with E-state index in [0.29, 0.717) is 0 Å². The minimum absolute atomic E-state index is 0.0403. The summed E-state index contributed by atoms with van der Waals surface area (Å²) in [7, 11) is 1.88. The third kappa shape index (κ3) is 2.61. The van der Waals surface area contributed by atoms with Gasteiger partial charge >= 0.3 is 0 Å². The molecule has 24 heavy (non-hydrogen) atoms. The highest BCUT2D eigenvalue weighted by Crippen LogP contribution is 2.31. The number of hydrogen-bond acceptors (Lipinski definition) is 3. The molecule has 0 saturated carbocycles. The molecule has 0 aliphatic carbocycles. The Hall–Kier alpha value is -1.88. The number of amides is 2. The van der Waals surface area contributed by atoms with Crippen LogP contribution in [0.3, 0.4) is 0 Å². The molecule has 0 spiro atoms. The number of benzene rings is 1. The van der Waals surface area contributed by atoms with Gasteiger partial charge in [-0.25, -0.2) is 0 Å². The molecule has 0 radical (unpaired) electrons. The normalized spacial score (nSPS) is 25.4. The Balaban J connectivity index is 1.38. The summed E-state index contributed by atoms with van der Waals surface area (Å²) in [5, 5.41) is 0. The highest BCUT2D eigenvalue weighted by molar-refractivity contribution is 5.97. The largest absolute Gasteiger partial charge is 0.344 e.